The quantitative estimate of drug-likeness (QED) is 0.482. The molecule has 1 atom stereocenters. The van der Waals surface area contributed by atoms with Crippen LogP contribution in [0.2, 0.25) is 0 Å². The first-order chi connectivity index (χ1) is 16.5. The molecule has 0 saturated carbocycles. The molecule has 0 amide bonds. The normalized spacial score (nSPS) is 14.6. The fraction of sp³-hybridized carbons (Fsp3) is 0.417. The summed E-state index contributed by atoms with van der Waals surface area (Å²) >= 11 is 0. The largest absolute Gasteiger partial charge is 0.415 e. The van der Waals surface area contributed by atoms with Crippen molar-refractivity contribution in [1.29, 1.82) is 0 Å². The Morgan fingerprint density at radius 1 is 1.06 bits per heavy atom. The van der Waals surface area contributed by atoms with E-state index in [1.807, 2.05) is 60.9 Å². The molecule has 0 radical (unpaired) electrons. The minimum absolute atomic E-state index is 0.0518. The van der Waals surface area contributed by atoms with E-state index in [1.165, 1.54) is 12.8 Å². The minimum Gasteiger partial charge on any atom is -0.415 e. The minimum atomic E-state index is -2.80. The average molecular weight is 492 g/mol. The summed E-state index contributed by atoms with van der Waals surface area (Å²) in [6, 6.07) is 16.9. The first-order valence-electron chi connectivity index (χ1n) is 11.2. The fourth-order valence-corrected chi connectivity index (χ4v) is 4.84. The number of likely N-dealkylation sites (tertiary alicyclic amines) is 1. The standard InChI is InChI=1S/C22H24F2N4O2S.C2H7N/c23-20(24)22-26-25-21(30-22)18-10-8-17(9-11-18)16-28(19-6-2-1-3-7-19)31(29)15-14-27-12-4-5-13-27;1-3-2/h1-3,6-11,20H,4-5,12-16H2;3H,1-2H3. The van der Waals surface area contributed by atoms with Crippen molar-refractivity contribution in [3.63, 3.8) is 0 Å². The monoisotopic (exact) mass is 491 g/mol. The van der Waals surface area contributed by atoms with Gasteiger partial charge in [0.1, 0.15) is 11.0 Å². The highest BCUT2D eigenvalue weighted by Crippen LogP contribution is 2.25. The van der Waals surface area contributed by atoms with Crippen LogP contribution in [-0.2, 0) is 17.5 Å². The van der Waals surface area contributed by atoms with Crippen LogP contribution in [0.4, 0.5) is 14.5 Å². The van der Waals surface area contributed by atoms with Crippen LogP contribution in [0.25, 0.3) is 11.5 Å². The van der Waals surface area contributed by atoms with Crippen molar-refractivity contribution < 1.29 is 17.4 Å². The van der Waals surface area contributed by atoms with E-state index in [2.05, 4.69) is 20.4 Å². The molecule has 184 valence electrons. The summed E-state index contributed by atoms with van der Waals surface area (Å²) in [5, 5.41) is 9.79. The molecule has 10 heteroatoms. The Labute approximate surface area is 201 Å². The van der Waals surface area contributed by atoms with Gasteiger partial charge in [-0.1, -0.05) is 30.3 Å². The summed E-state index contributed by atoms with van der Waals surface area (Å²) < 4.78 is 45.4. The van der Waals surface area contributed by atoms with Gasteiger partial charge in [0.05, 0.1) is 12.3 Å². The molecule has 1 unspecified atom stereocenters. The Morgan fingerprint density at radius 2 is 1.71 bits per heavy atom. The summed E-state index contributed by atoms with van der Waals surface area (Å²) in [5.74, 6) is -0.0653. The molecule has 2 aromatic carbocycles. The molecular weight excluding hydrogens is 460 g/mol. The smallest absolute Gasteiger partial charge is 0.314 e. The maximum atomic E-state index is 13.2. The first kappa shape index (κ1) is 25.9. The summed E-state index contributed by atoms with van der Waals surface area (Å²) in [6.07, 6.45) is -0.379. The number of halogens is 2. The Morgan fingerprint density at radius 3 is 2.29 bits per heavy atom. The van der Waals surface area contributed by atoms with Gasteiger partial charge in [-0.05, 0) is 69.9 Å². The average Bonchev–Trinajstić information content (AvgIpc) is 3.55. The topological polar surface area (TPSA) is 74.5 Å². The molecule has 2 heterocycles. The van der Waals surface area contributed by atoms with Crippen molar-refractivity contribution in [2.75, 3.05) is 43.8 Å². The van der Waals surface area contributed by atoms with E-state index in [9.17, 15) is 13.0 Å². The molecule has 1 aliphatic heterocycles. The van der Waals surface area contributed by atoms with Gasteiger partial charge >= 0.3 is 6.43 Å². The Hall–Kier alpha value is -2.69. The van der Waals surface area contributed by atoms with Crippen molar-refractivity contribution in [3.8, 4) is 11.5 Å². The molecule has 1 fully saturated rings. The third kappa shape index (κ3) is 7.41. The van der Waals surface area contributed by atoms with E-state index in [-0.39, 0.29) is 5.89 Å². The van der Waals surface area contributed by atoms with Gasteiger partial charge in [0, 0.05) is 17.8 Å². The number of benzene rings is 2. The summed E-state index contributed by atoms with van der Waals surface area (Å²) in [7, 11) is 2.57. The van der Waals surface area contributed by atoms with E-state index >= 15 is 0 Å². The molecule has 1 saturated heterocycles. The Kier molecular flexibility index (Phi) is 10.1. The summed E-state index contributed by atoms with van der Waals surface area (Å²) in [4.78, 5) is 2.36. The Bertz CT molecular complexity index is 1010. The molecule has 34 heavy (non-hydrogen) atoms. The second-order valence-corrected chi connectivity index (χ2v) is 9.38. The number of alkyl halides is 2. The van der Waals surface area contributed by atoms with E-state index in [4.69, 9.17) is 4.42 Å². The number of aromatic nitrogens is 2. The van der Waals surface area contributed by atoms with Crippen molar-refractivity contribution in [2.45, 2.75) is 25.8 Å². The number of hydrogen-bond donors (Lipinski definition) is 1. The van der Waals surface area contributed by atoms with Crippen LogP contribution in [0.3, 0.4) is 0 Å². The number of nitrogens with one attached hydrogen (secondary N) is 1. The third-order valence-electron chi connectivity index (χ3n) is 5.23. The molecule has 1 N–H and O–H groups in total. The number of rotatable bonds is 9. The molecule has 1 aliphatic rings. The zero-order chi connectivity index (χ0) is 24.3. The number of hydrogen-bond acceptors (Lipinski definition) is 6. The van der Waals surface area contributed by atoms with Crippen molar-refractivity contribution in [2.24, 2.45) is 0 Å². The van der Waals surface area contributed by atoms with Gasteiger partial charge in [0.25, 0.3) is 5.89 Å². The highest BCUT2D eigenvalue weighted by molar-refractivity contribution is 7.86. The van der Waals surface area contributed by atoms with Crippen molar-refractivity contribution in [3.05, 3.63) is 66.1 Å². The summed E-state index contributed by atoms with van der Waals surface area (Å²) in [5.41, 5.74) is 2.39. The van der Waals surface area contributed by atoms with Gasteiger partial charge in [-0.25, -0.2) is 4.21 Å². The van der Waals surface area contributed by atoms with Gasteiger partial charge < -0.3 is 14.6 Å². The molecule has 7 nitrogen and oxygen atoms in total. The van der Waals surface area contributed by atoms with Gasteiger partial charge in [0.15, 0.2) is 0 Å². The van der Waals surface area contributed by atoms with Crippen LogP contribution < -0.4 is 9.62 Å². The van der Waals surface area contributed by atoms with Crippen molar-refractivity contribution in [1.82, 2.24) is 20.4 Å². The SMILES string of the molecule is CNC.O=S(CCN1CCCC1)N(Cc1ccc(-c2nnc(C(F)F)o2)cc1)c1ccccc1. The third-order valence-corrected chi connectivity index (χ3v) is 6.59. The van der Waals surface area contributed by atoms with Gasteiger partial charge in [-0.15, -0.1) is 10.2 Å². The number of para-hydroxylation sites is 1. The van der Waals surface area contributed by atoms with Crippen molar-refractivity contribution >= 4 is 16.7 Å². The lowest BCUT2D eigenvalue weighted by atomic mass is 10.1. The second kappa shape index (κ2) is 13.3. The predicted molar refractivity (Wildman–Crippen MR) is 131 cm³/mol. The molecule has 3 aromatic rings. The lowest BCUT2D eigenvalue weighted by Crippen LogP contribution is -2.32. The van der Waals surface area contributed by atoms with Gasteiger partial charge in [0.2, 0.25) is 5.89 Å². The van der Waals surface area contributed by atoms with Crippen LogP contribution >= 0.6 is 0 Å². The molecule has 0 bridgehead atoms. The number of nitrogens with zero attached hydrogens (tertiary/aromatic N) is 4. The van der Waals surface area contributed by atoms with E-state index < -0.39 is 23.3 Å². The highest BCUT2D eigenvalue weighted by atomic mass is 32.2. The molecule has 0 aliphatic carbocycles. The van der Waals surface area contributed by atoms with Crippen LogP contribution in [0.1, 0.15) is 30.7 Å². The molecule has 1 aromatic heterocycles. The zero-order valence-electron chi connectivity index (χ0n) is 19.5. The van der Waals surface area contributed by atoms with E-state index in [1.54, 1.807) is 12.1 Å². The van der Waals surface area contributed by atoms with Gasteiger partial charge in [-0.2, -0.15) is 8.78 Å². The van der Waals surface area contributed by atoms with E-state index in [0.29, 0.717) is 17.9 Å². The summed E-state index contributed by atoms with van der Waals surface area (Å²) in [6.45, 7) is 3.43. The molecule has 0 spiro atoms. The van der Waals surface area contributed by atoms with Gasteiger partial charge in [-0.3, -0.25) is 4.31 Å². The van der Waals surface area contributed by atoms with Crippen LogP contribution in [0, 0.1) is 0 Å². The first-order valence-corrected chi connectivity index (χ1v) is 12.5. The lowest BCUT2D eigenvalue weighted by Gasteiger charge is -2.25. The Balaban J connectivity index is 0.00000103. The highest BCUT2D eigenvalue weighted by Gasteiger charge is 2.19. The second-order valence-electron chi connectivity index (χ2n) is 7.89. The van der Waals surface area contributed by atoms with E-state index in [0.717, 1.165) is 30.9 Å². The lowest BCUT2D eigenvalue weighted by molar-refractivity contribution is 0.116. The predicted octanol–water partition coefficient (Wildman–Crippen LogP) is 4.28. The maximum Gasteiger partial charge on any atom is 0.314 e. The zero-order valence-corrected chi connectivity index (χ0v) is 20.3. The number of anilines is 1. The molecular formula is C24H31F2N5O2S. The van der Waals surface area contributed by atoms with Crippen LogP contribution in [0.5, 0.6) is 0 Å². The van der Waals surface area contributed by atoms with Crippen LogP contribution in [0.15, 0.2) is 59.0 Å². The van der Waals surface area contributed by atoms with Crippen LogP contribution in [-0.4, -0.2) is 58.8 Å². The fourth-order valence-electron chi connectivity index (χ4n) is 3.56. The molecule has 4 rings (SSSR count). The maximum absolute atomic E-state index is 13.2.